The van der Waals surface area contributed by atoms with Gasteiger partial charge in [0.05, 0.1) is 18.6 Å². The second-order valence-electron chi connectivity index (χ2n) is 4.83. The van der Waals surface area contributed by atoms with Gasteiger partial charge in [0.15, 0.2) is 0 Å². The fourth-order valence-corrected chi connectivity index (χ4v) is 3.00. The van der Waals surface area contributed by atoms with Gasteiger partial charge in [-0.3, -0.25) is 0 Å². The van der Waals surface area contributed by atoms with E-state index in [1.807, 2.05) is 6.92 Å². The summed E-state index contributed by atoms with van der Waals surface area (Å²) < 4.78 is 42.6. The third-order valence-electron chi connectivity index (χ3n) is 3.17. The molecule has 130 valence electrons. The van der Waals surface area contributed by atoms with Crippen LogP contribution in [0.15, 0.2) is 53.4 Å². The van der Waals surface area contributed by atoms with Gasteiger partial charge in [0.25, 0.3) is 0 Å². The molecule has 0 aliphatic heterocycles. The van der Waals surface area contributed by atoms with Gasteiger partial charge < -0.3 is 14.2 Å². The minimum atomic E-state index is -3.56. The first-order valence-corrected chi connectivity index (χ1v) is 9.03. The van der Waals surface area contributed by atoms with Gasteiger partial charge in [-0.1, -0.05) is 0 Å². The molecule has 0 saturated heterocycles. The Balaban J connectivity index is 1.81. The molecule has 0 spiro atoms. The Bertz CT molecular complexity index is 727. The van der Waals surface area contributed by atoms with Crippen LogP contribution in [0.4, 0.5) is 0 Å². The zero-order chi connectivity index (χ0) is 17.4. The smallest absolute Gasteiger partial charge is 0.240 e. The van der Waals surface area contributed by atoms with Crippen LogP contribution < -0.4 is 18.9 Å². The fourth-order valence-electron chi connectivity index (χ4n) is 1.98. The zero-order valence-corrected chi connectivity index (χ0v) is 14.5. The first-order valence-electron chi connectivity index (χ1n) is 7.54. The van der Waals surface area contributed by atoms with Gasteiger partial charge in [-0.25, -0.2) is 13.1 Å². The van der Waals surface area contributed by atoms with E-state index in [0.29, 0.717) is 18.1 Å². The molecule has 0 atom stereocenters. The van der Waals surface area contributed by atoms with Crippen molar-refractivity contribution in [1.82, 2.24) is 4.72 Å². The Morgan fingerprint density at radius 2 is 1.42 bits per heavy atom. The van der Waals surface area contributed by atoms with E-state index >= 15 is 0 Å². The van der Waals surface area contributed by atoms with Crippen molar-refractivity contribution in [3.63, 3.8) is 0 Å². The summed E-state index contributed by atoms with van der Waals surface area (Å²) in [5, 5.41) is 0. The van der Waals surface area contributed by atoms with Gasteiger partial charge in [-0.2, -0.15) is 0 Å². The molecule has 2 aromatic rings. The van der Waals surface area contributed by atoms with Crippen LogP contribution >= 0.6 is 0 Å². The van der Waals surface area contributed by atoms with Crippen molar-refractivity contribution in [2.24, 2.45) is 0 Å². The van der Waals surface area contributed by atoms with Gasteiger partial charge >= 0.3 is 0 Å². The minimum Gasteiger partial charge on any atom is -0.497 e. The summed E-state index contributed by atoms with van der Waals surface area (Å²) in [4.78, 5) is 0.185. The largest absolute Gasteiger partial charge is 0.497 e. The van der Waals surface area contributed by atoms with Crippen LogP contribution in [-0.2, 0) is 10.0 Å². The highest BCUT2D eigenvalue weighted by molar-refractivity contribution is 7.89. The molecule has 2 rings (SSSR count). The zero-order valence-electron chi connectivity index (χ0n) is 13.7. The summed E-state index contributed by atoms with van der Waals surface area (Å²) in [5.74, 6) is 2.03. The number of benzene rings is 2. The highest BCUT2D eigenvalue weighted by Crippen LogP contribution is 2.17. The second kappa shape index (κ2) is 8.56. The van der Waals surface area contributed by atoms with Crippen LogP contribution in [0.25, 0.3) is 0 Å². The van der Waals surface area contributed by atoms with Crippen LogP contribution in [0, 0.1) is 0 Å². The molecule has 0 aliphatic rings. The number of hydrogen-bond donors (Lipinski definition) is 1. The van der Waals surface area contributed by atoms with E-state index in [1.165, 1.54) is 19.2 Å². The third kappa shape index (κ3) is 5.14. The van der Waals surface area contributed by atoms with Crippen LogP contribution in [0.5, 0.6) is 17.2 Å². The Labute approximate surface area is 142 Å². The van der Waals surface area contributed by atoms with Crippen molar-refractivity contribution >= 4 is 10.0 Å². The Kier molecular flexibility index (Phi) is 6.45. The minimum absolute atomic E-state index is 0.168. The molecule has 0 aliphatic carbocycles. The summed E-state index contributed by atoms with van der Waals surface area (Å²) in [6, 6.07) is 13.4. The van der Waals surface area contributed by atoms with Crippen LogP contribution in [0.3, 0.4) is 0 Å². The Morgan fingerprint density at radius 3 is 1.96 bits per heavy atom. The lowest BCUT2D eigenvalue weighted by Gasteiger charge is -2.10. The quantitative estimate of drug-likeness (QED) is 0.703. The van der Waals surface area contributed by atoms with Gasteiger partial charge in [0.1, 0.15) is 23.9 Å². The summed E-state index contributed by atoms with van der Waals surface area (Å²) in [5.41, 5.74) is 0. The molecule has 0 bridgehead atoms. The lowest BCUT2D eigenvalue weighted by molar-refractivity contribution is 0.319. The molecule has 0 fully saturated rings. The maximum Gasteiger partial charge on any atom is 0.240 e. The number of ether oxygens (including phenoxy) is 3. The van der Waals surface area contributed by atoms with E-state index in [0.717, 1.165) is 5.75 Å². The van der Waals surface area contributed by atoms with E-state index in [1.54, 1.807) is 36.4 Å². The number of methoxy groups -OCH3 is 1. The number of hydrogen-bond acceptors (Lipinski definition) is 5. The van der Waals surface area contributed by atoms with E-state index in [4.69, 9.17) is 14.2 Å². The molecule has 2 aromatic carbocycles. The summed E-state index contributed by atoms with van der Waals surface area (Å²) in [6.07, 6.45) is 0. The molecule has 0 heterocycles. The molecule has 0 aromatic heterocycles. The molecule has 0 unspecified atom stereocenters. The summed E-state index contributed by atoms with van der Waals surface area (Å²) in [7, 11) is -2.03. The molecular formula is C17H21NO5S. The normalized spacial score (nSPS) is 11.1. The lowest BCUT2D eigenvalue weighted by atomic mass is 10.3. The maximum atomic E-state index is 12.1. The van der Waals surface area contributed by atoms with E-state index in [2.05, 4.69) is 4.72 Å². The fraction of sp³-hybridized carbons (Fsp3) is 0.294. The van der Waals surface area contributed by atoms with Crippen LogP contribution in [0.1, 0.15) is 6.92 Å². The maximum absolute atomic E-state index is 12.1. The van der Waals surface area contributed by atoms with E-state index in [-0.39, 0.29) is 18.0 Å². The molecule has 7 heteroatoms. The predicted octanol–water partition coefficient (Wildman–Crippen LogP) is 2.45. The van der Waals surface area contributed by atoms with Crippen molar-refractivity contribution in [3.05, 3.63) is 48.5 Å². The van der Waals surface area contributed by atoms with Crippen molar-refractivity contribution < 1.29 is 22.6 Å². The van der Waals surface area contributed by atoms with Crippen LogP contribution in [0.2, 0.25) is 0 Å². The van der Waals surface area contributed by atoms with E-state index in [9.17, 15) is 8.42 Å². The van der Waals surface area contributed by atoms with Crippen LogP contribution in [-0.4, -0.2) is 35.3 Å². The van der Waals surface area contributed by atoms with Gasteiger partial charge in [0, 0.05) is 6.54 Å². The number of rotatable bonds is 9. The number of nitrogens with one attached hydrogen (secondary N) is 1. The van der Waals surface area contributed by atoms with Crippen molar-refractivity contribution in [1.29, 1.82) is 0 Å². The van der Waals surface area contributed by atoms with Gasteiger partial charge in [0.2, 0.25) is 10.0 Å². The summed E-state index contributed by atoms with van der Waals surface area (Å²) in [6.45, 7) is 2.91. The van der Waals surface area contributed by atoms with Crippen molar-refractivity contribution in [2.75, 3.05) is 26.9 Å². The molecule has 1 N–H and O–H groups in total. The van der Waals surface area contributed by atoms with E-state index < -0.39 is 10.0 Å². The third-order valence-corrected chi connectivity index (χ3v) is 4.64. The Morgan fingerprint density at radius 1 is 0.875 bits per heavy atom. The molecular weight excluding hydrogens is 330 g/mol. The molecule has 0 radical (unpaired) electrons. The SMILES string of the molecule is CCOc1ccc(OCCNS(=O)(=O)c2ccc(OC)cc2)cc1. The number of sulfonamides is 1. The highest BCUT2D eigenvalue weighted by atomic mass is 32.2. The van der Waals surface area contributed by atoms with Gasteiger partial charge in [-0.15, -0.1) is 0 Å². The summed E-state index contributed by atoms with van der Waals surface area (Å²) >= 11 is 0. The topological polar surface area (TPSA) is 73.9 Å². The van der Waals surface area contributed by atoms with Gasteiger partial charge in [-0.05, 0) is 55.5 Å². The van der Waals surface area contributed by atoms with Crippen molar-refractivity contribution in [3.8, 4) is 17.2 Å². The molecule has 0 saturated carbocycles. The molecule has 6 nitrogen and oxygen atoms in total. The lowest BCUT2D eigenvalue weighted by Crippen LogP contribution is -2.28. The molecule has 24 heavy (non-hydrogen) atoms. The second-order valence-corrected chi connectivity index (χ2v) is 6.59. The molecule has 0 amide bonds. The standard InChI is InChI=1S/C17H21NO5S/c1-3-22-15-4-6-16(7-5-15)23-13-12-18-24(19,20)17-10-8-14(21-2)9-11-17/h4-11,18H,3,12-13H2,1-2H3. The highest BCUT2D eigenvalue weighted by Gasteiger charge is 2.13. The Hall–Kier alpha value is -2.25. The average molecular weight is 351 g/mol. The average Bonchev–Trinajstić information content (AvgIpc) is 2.60. The monoisotopic (exact) mass is 351 g/mol. The predicted molar refractivity (Wildman–Crippen MR) is 91.3 cm³/mol. The first kappa shape index (κ1) is 18.1. The van der Waals surface area contributed by atoms with Crippen molar-refractivity contribution in [2.45, 2.75) is 11.8 Å². The first-order chi connectivity index (χ1) is 11.5.